The van der Waals surface area contributed by atoms with Gasteiger partial charge in [0.15, 0.2) is 5.82 Å². The molecule has 0 atom stereocenters. The molecule has 1 aromatic heterocycles. The fourth-order valence-corrected chi connectivity index (χ4v) is 3.25. The van der Waals surface area contributed by atoms with E-state index in [1.807, 2.05) is 12.1 Å². The summed E-state index contributed by atoms with van der Waals surface area (Å²) in [6, 6.07) is 3.67. The summed E-state index contributed by atoms with van der Waals surface area (Å²) in [7, 11) is 0. The number of nitrogens with one attached hydrogen (secondary N) is 2. The fraction of sp³-hybridized carbons (Fsp3) is 0.706. The van der Waals surface area contributed by atoms with Crippen LogP contribution >= 0.6 is 0 Å². The maximum atomic E-state index is 12.2. The van der Waals surface area contributed by atoms with Crippen molar-refractivity contribution < 1.29 is 9.53 Å². The number of hydrogen-bond donors (Lipinski definition) is 2. The van der Waals surface area contributed by atoms with Crippen molar-refractivity contribution in [3.05, 3.63) is 12.1 Å². The van der Waals surface area contributed by atoms with Crippen molar-refractivity contribution in [2.75, 3.05) is 50.0 Å². The number of carbonyl (C=O) groups excluding carboxylic acids is 1. The molecule has 1 amide bonds. The molecule has 1 aromatic rings. The van der Waals surface area contributed by atoms with Gasteiger partial charge in [0.05, 0.1) is 13.2 Å². The number of morpholine rings is 1. The second-order valence-corrected chi connectivity index (χ2v) is 6.51. The molecule has 1 saturated heterocycles. The van der Waals surface area contributed by atoms with Crippen LogP contribution in [-0.4, -0.2) is 60.4 Å². The van der Waals surface area contributed by atoms with Crippen LogP contribution in [0.15, 0.2) is 12.1 Å². The van der Waals surface area contributed by atoms with Crippen molar-refractivity contribution >= 4 is 17.5 Å². The largest absolute Gasteiger partial charge is 0.379 e. The van der Waals surface area contributed by atoms with Gasteiger partial charge in [-0.3, -0.25) is 9.69 Å². The second-order valence-electron chi connectivity index (χ2n) is 6.51. The summed E-state index contributed by atoms with van der Waals surface area (Å²) in [5, 5.41) is 14.4. The van der Waals surface area contributed by atoms with Crippen LogP contribution in [0.5, 0.6) is 0 Å². The summed E-state index contributed by atoms with van der Waals surface area (Å²) in [6.45, 7) is 5.39. The summed E-state index contributed by atoms with van der Waals surface area (Å²) in [5.41, 5.74) is 0. The molecule has 24 heavy (non-hydrogen) atoms. The van der Waals surface area contributed by atoms with E-state index >= 15 is 0 Å². The number of carbonyl (C=O) groups is 1. The van der Waals surface area contributed by atoms with Crippen molar-refractivity contribution in [2.45, 2.75) is 32.1 Å². The van der Waals surface area contributed by atoms with Gasteiger partial charge in [-0.2, -0.15) is 0 Å². The van der Waals surface area contributed by atoms with Crippen LogP contribution < -0.4 is 10.6 Å². The molecule has 2 N–H and O–H groups in total. The molecule has 3 rings (SSSR count). The first-order chi connectivity index (χ1) is 11.8. The lowest BCUT2D eigenvalue weighted by Gasteiger charge is -2.26. The molecule has 1 aliphatic heterocycles. The van der Waals surface area contributed by atoms with Crippen LogP contribution in [0.25, 0.3) is 0 Å². The Morgan fingerprint density at radius 1 is 1.12 bits per heavy atom. The van der Waals surface area contributed by atoms with E-state index in [4.69, 9.17) is 4.74 Å². The van der Waals surface area contributed by atoms with Gasteiger partial charge < -0.3 is 15.4 Å². The Labute approximate surface area is 143 Å². The van der Waals surface area contributed by atoms with E-state index in [0.29, 0.717) is 5.82 Å². The van der Waals surface area contributed by atoms with E-state index in [0.717, 1.165) is 70.9 Å². The molecule has 7 heteroatoms. The third kappa shape index (κ3) is 5.14. The Bertz CT molecular complexity index is 510. The average molecular weight is 333 g/mol. The molecule has 0 unspecified atom stereocenters. The van der Waals surface area contributed by atoms with E-state index < -0.39 is 0 Å². The zero-order valence-electron chi connectivity index (χ0n) is 14.2. The number of hydrogen-bond acceptors (Lipinski definition) is 6. The zero-order chi connectivity index (χ0) is 16.6. The summed E-state index contributed by atoms with van der Waals surface area (Å²) in [5.74, 6) is 1.48. The Morgan fingerprint density at radius 3 is 2.54 bits per heavy atom. The van der Waals surface area contributed by atoms with Gasteiger partial charge >= 0.3 is 0 Å². The predicted molar refractivity (Wildman–Crippen MR) is 93.0 cm³/mol. The topological polar surface area (TPSA) is 79.4 Å². The van der Waals surface area contributed by atoms with Gasteiger partial charge in [0.25, 0.3) is 0 Å². The molecule has 0 radical (unpaired) electrons. The Kier molecular flexibility index (Phi) is 6.37. The minimum absolute atomic E-state index is 0.0806. The number of ether oxygens (including phenoxy) is 1. The lowest BCUT2D eigenvalue weighted by Crippen LogP contribution is -2.39. The normalized spacial score (nSPS) is 19.8. The Hall–Kier alpha value is -1.73. The molecule has 0 aromatic carbocycles. The fourth-order valence-electron chi connectivity index (χ4n) is 3.25. The van der Waals surface area contributed by atoms with E-state index in [9.17, 15) is 4.79 Å². The van der Waals surface area contributed by atoms with Gasteiger partial charge in [-0.1, -0.05) is 19.3 Å². The third-order valence-corrected chi connectivity index (χ3v) is 4.73. The molecule has 132 valence electrons. The average Bonchev–Trinajstić information content (AvgIpc) is 2.65. The SMILES string of the molecule is O=C(Nc1ccc(NCCN2CCOCC2)nn1)C1CCCCC1. The minimum atomic E-state index is 0.0806. The predicted octanol–water partition coefficient (Wildman–Crippen LogP) is 1.74. The van der Waals surface area contributed by atoms with E-state index in [2.05, 4.69) is 25.7 Å². The Balaban J connectivity index is 1.40. The number of amides is 1. The molecule has 0 bridgehead atoms. The van der Waals surface area contributed by atoms with Crippen LogP contribution in [0.1, 0.15) is 32.1 Å². The molecule has 2 aliphatic rings. The summed E-state index contributed by atoms with van der Waals surface area (Å²) < 4.78 is 5.33. The molecule has 0 spiro atoms. The highest BCUT2D eigenvalue weighted by Gasteiger charge is 2.21. The van der Waals surface area contributed by atoms with Crippen molar-refractivity contribution in [1.29, 1.82) is 0 Å². The van der Waals surface area contributed by atoms with Gasteiger partial charge in [0.1, 0.15) is 5.82 Å². The maximum absolute atomic E-state index is 12.2. The lowest BCUT2D eigenvalue weighted by atomic mass is 9.89. The van der Waals surface area contributed by atoms with Crippen LogP contribution in [0, 0.1) is 5.92 Å². The summed E-state index contributed by atoms with van der Waals surface area (Å²) >= 11 is 0. The van der Waals surface area contributed by atoms with E-state index in [1.165, 1.54) is 6.42 Å². The van der Waals surface area contributed by atoms with Gasteiger partial charge in [-0.25, -0.2) is 0 Å². The molecule has 1 aliphatic carbocycles. The van der Waals surface area contributed by atoms with Crippen molar-refractivity contribution in [1.82, 2.24) is 15.1 Å². The van der Waals surface area contributed by atoms with Crippen LogP contribution in [0.2, 0.25) is 0 Å². The monoisotopic (exact) mass is 333 g/mol. The number of rotatable bonds is 6. The highest BCUT2D eigenvalue weighted by molar-refractivity contribution is 5.91. The van der Waals surface area contributed by atoms with E-state index in [1.54, 1.807) is 0 Å². The standard InChI is InChI=1S/C17H27N5O2/c23-17(14-4-2-1-3-5-14)19-16-7-6-15(20-21-16)18-8-9-22-10-12-24-13-11-22/h6-7,14H,1-5,8-13H2,(H,18,20)(H,19,21,23). The zero-order valence-corrected chi connectivity index (χ0v) is 14.2. The highest BCUT2D eigenvalue weighted by Crippen LogP contribution is 2.24. The molecular weight excluding hydrogens is 306 g/mol. The number of anilines is 2. The molecule has 2 fully saturated rings. The van der Waals surface area contributed by atoms with E-state index in [-0.39, 0.29) is 11.8 Å². The van der Waals surface area contributed by atoms with Crippen LogP contribution in [0.3, 0.4) is 0 Å². The highest BCUT2D eigenvalue weighted by atomic mass is 16.5. The minimum Gasteiger partial charge on any atom is -0.379 e. The second kappa shape index (κ2) is 8.94. The Morgan fingerprint density at radius 2 is 1.83 bits per heavy atom. The van der Waals surface area contributed by atoms with Crippen molar-refractivity contribution in [3.8, 4) is 0 Å². The smallest absolute Gasteiger partial charge is 0.228 e. The van der Waals surface area contributed by atoms with Gasteiger partial charge in [0, 0.05) is 32.1 Å². The quantitative estimate of drug-likeness (QED) is 0.825. The number of nitrogens with zero attached hydrogens (tertiary/aromatic N) is 3. The molecule has 2 heterocycles. The van der Waals surface area contributed by atoms with Crippen LogP contribution in [-0.2, 0) is 9.53 Å². The first-order valence-corrected chi connectivity index (χ1v) is 9.00. The first kappa shape index (κ1) is 17.1. The van der Waals surface area contributed by atoms with Crippen molar-refractivity contribution in [3.63, 3.8) is 0 Å². The van der Waals surface area contributed by atoms with Crippen molar-refractivity contribution in [2.24, 2.45) is 5.92 Å². The van der Waals surface area contributed by atoms with Gasteiger partial charge in [0.2, 0.25) is 5.91 Å². The third-order valence-electron chi connectivity index (χ3n) is 4.73. The lowest BCUT2D eigenvalue weighted by molar-refractivity contribution is -0.120. The summed E-state index contributed by atoms with van der Waals surface area (Å²) in [4.78, 5) is 14.6. The van der Waals surface area contributed by atoms with Gasteiger partial charge in [-0.05, 0) is 25.0 Å². The van der Waals surface area contributed by atoms with Crippen LogP contribution in [0.4, 0.5) is 11.6 Å². The first-order valence-electron chi connectivity index (χ1n) is 9.00. The number of aromatic nitrogens is 2. The molecule has 1 saturated carbocycles. The molecular formula is C17H27N5O2. The maximum Gasteiger partial charge on any atom is 0.228 e. The molecule has 7 nitrogen and oxygen atoms in total. The van der Waals surface area contributed by atoms with Gasteiger partial charge in [-0.15, -0.1) is 10.2 Å². The summed E-state index contributed by atoms with van der Waals surface area (Å²) in [6.07, 6.45) is 5.51.